The quantitative estimate of drug-likeness (QED) is 0.868. The largest absolute Gasteiger partial charge is 0.392 e. The van der Waals surface area contributed by atoms with Crippen molar-refractivity contribution in [2.75, 3.05) is 24.5 Å². The van der Waals surface area contributed by atoms with Crippen LogP contribution in [0.2, 0.25) is 0 Å². The van der Waals surface area contributed by atoms with Crippen LogP contribution in [-0.4, -0.2) is 41.9 Å². The first-order valence-electron chi connectivity index (χ1n) is 7.14. The molecule has 2 N–H and O–H groups in total. The van der Waals surface area contributed by atoms with Crippen LogP contribution in [0.3, 0.4) is 0 Å². The van der Waals surface area contributed by atoms with Gasteiger partial charge in [-0.15, -0.1) is 11.3 Å². The van der Waals surface area contributed by atoms with Gasteiger partial charge in [-0.05, 0) is 25.7 Å². The second-order valence-corrected chi connectivity index (χ2v) is 6.59. The highest BCUT2D eigenvalue weighted by molar-refractivity contribution is 7.13. The van der Waals surface area contributed by atoms with E-state index in [0.29, 0.717) is 18.5 Å². The molecule has 0 amide bonds. The molecule has 2 rings (SSSR count). The second-order valence-electron chi connectivity index (χ2n) is 5.75. The number of aliphatic hydroxyl groups is 1. The zero-order valence-electron chi connectivity index (χ0n) is 12.1. The highest BCUT2D eigenvalue weighted by Gasteiger charge is 2.21. The molecule has 5 heteroatoms. The molecule has 1 aliphatic rings. The molecular weight excluding hydrogens is 258 g/mol. The van der Waals surface area contributed by atoms with E-state index in [0.717, 1.165) is 36.8 Å². The monoisotopic (exact) mass is 283 g/mol. The Bertz CT molecular complexity index is 386. The van der Waals surface area contributed by atoms with E-state index in [1.54, 1.807) is 11.3 Å². The van der Waals surface area contributed by atoms with Crippen LogP contribution in [-0.2, 0) is 0 Å². The van der Waals surface area contributed by atoms with Gasteiger partial charge in [0.1, 0.15) is 0 Å². The molecule has 1 fully saturated rings. The average Bonchev–Trinajstić information content (AvgIpc) is 2.83. The molecule has 0 spiro atoms. The lowest BCUT2D eigenvalue weighted by Crippen LogP contribution is -2.45. The molecule has 1 atom stereocenters. The van der Waals surface area contributed by atoms with Crippen molar-refractivity contribution in [3.63, 3.8) is 0 Å². The number of nitrogens with zero attached hydrogens (tertiary/aromatic N) is 2. The van der Waals surface area contributed by atoms with Crippen LogP contribution < -0.4 is 10.2 Å². The Morgan fingerprint density at radius 3 is 2.68 bits per heavy atom. The fourth-order valence-electron chi connectivity index (χ4n) is 2.28. The fourth-order valence-corrected chi connectivity index (χ4v) is 3.14. The van der Waals surface area contributed by atoms with E-state index in [1.165, 1.54) is 0 Å². The molecule has 0 aliphatic carbocycles. The maximum absolute atomic E-state index is 9.81. The first kappa shape index (κ1) is 14.8. The summed E-state index contributed by atoms with van der Waals surface area (Å²) in [5.41, 5.74) is 1.11. The summed E-state index contributed by atoms with van der Waals surface area (Å²) >= 11 is 1.73. The van der Waals surface area contributed by atoms with E-state index in [1.807, 2.05) is 6.92 Å². The van der Waals surface area contributed by atoms with E-state index in [9.17, 15) is 5.11 Å². The normalized spacial score (nSPS) is 19.1. The van der Waals surface area contributed by atoms with Gasteiger partial charge in [-0.1, -0.05) is 13.8 Å². The van der Waals surface area contributed by atoms with Crippen LogP contribution in [0.25, 0.3) is 0 Å². The van der Waals surface area contributed by atoms with Gasteiger partial charge in [-0.25, -0.2) is 4.98 Å². The zero-order valence-corrected chi connectivity index (χ0v) is 12.9. The van der Waals surface area contributed by atoms with E-state index in [2.05, 4.69) is 34.4 Å². The summed E-state index contributed by atoms with van der Waals surface area (Å²) in [5.74, 6) is 0.325. The van der Waals surface area contributed by atoms with Gasteiger partial charge in [0.15, 0.2) is 5.13 Å². The molecule has 1 unspecified atom stereocenters. The molecule has 108 valence electrons. The Kier molecular flexibility index (Phi) is 5.19. The van der Waals surface area contributed by atoms with Crippen molar-refractivity contribution in [1.82, 2.24) is 10.3 Å². The van der Waals surface area contributed by atoms with Gasteiger partial charge >= 0.3 is 0 Å². The minimum Gasteiger partial charge on any atom is -0.392 e. The Balaban J connectivity index is 1.73. The highest BCUT2D eigenvalue weighted by atomic mass is 32.1. The summed E-state index contributed by atoms with van der Waals surface area (Å²) in [5, 5.41) is 16.6. The van der Waals surface area contributed by atoms with Crippen molar-refractivity contribution < 1.29 is 5.11 Å². The average molecular weight is 283 g/mol. The molecule has 19 heavy (non-hydrogen) atoms. The molecule has 0 bridgehead atoms. The number of nitrogens with one attached hydrogen (secondary N) is 1. The van der Waals surface area contributed by atoms with Crippen LogP contribution >= 0.6 is 11.3 Å². The smallest absolute Gasteiger partial charge is 0.185 e. The highest BCUT2D eigenvalue weighted by Crippen LogP contribution is 2.23. The maximum Gasteiger partial charge on any atom is 0.185 e. The number of piperidine rings is 1. The summed E-state index contributed by atoms with van der Waals surface area (Å²) < 4.78 is 0. The number of aryl methyl sites for hydroxylation is 1. The van der Waals surface area contributed by atoms with Crippen LogP contribution in [0.15, 0.2) is 5.38 Å². The van der Waals surface area contributed by atoms with Gasteiger partial charge in [0.05, 0.1) is 11.8 Å². The Hall–Kier alpha value is -0.650. The van der Waals surface area contributed by atoms with Crippen LogP contribution in [0, 0.1) is 12.8 Å². The summed E-state index contributed by atoms with van der Waals surface area (Å²) in [4.78, 5) is 6.91. The first-order valence-corrected chi connectivity index (χ1v) is 8.02. The van der Waals surface area contributed by atoms with Gasteiger partial charge in [0, 0.05) is 31.1 Å². The second kappa shape index (κ2) is 6.68. The molecule has 0 saturated carbocycles. The number of thiazole rings is 1. The molecule has 2 heterocycles. The SMILES string of the molecule is Cc1csc(N2CCC(NCC(O)C(C)C)CC2)n1. The summed E-state index contributed by atoms with van der Waals surface area (Å²) in [6.07, 6.45) is 2.02. The van der Waals surface area contributed by atoms with Gasteiger partial charge in [-0.2, -0.15) is 0 Å². The molecule has 1 aliphatic heterocycles. The Morgan fingerprint density at radius 2 is 2.16 bits per heavy atom. The van der Waals surface area contributed by atoms with E-state index >= 15 is 0 Å². The van der Waals surface area contributed by atoms with Crippen LogP contribution in [0.5, 0.6) is 0 Å². The lowest BCUT2D eigenvalue weighted by Gasteiger charge is -2.33. The summed E-state index contributed by atoms with van der Waals surface area (Å²) in [6, 6.07) is 0.533. The maximum atomic E-state index is 9.81. The van der Waals surface area contributed by atoms with Gasteiger partial charge in [-0.3, -0.25) is 0 Å². The third-order valence-electron chi connectivity index (χ3n) is 3.76. The van der Waals surface area contributed by atoms with Crippen molar-refractivity contribution >= 4 is 16.5 Å². The molecule has 1 saturated heterocycles. The number of rotatable bonds is 5. The number of aromatic nitrogens is 1. The molecule has 1 aromatic heterocycles. The predicted molar refractivity (Wildman–Crippen MR) is 80.9 cm³/mol. The number of hydrogen-bond donors (Lipinski definition) is 2. The van der Waals surface area contributed by atoms with Crippen molar-refractivity contribution in [3.05, 3.63) is 11.1 Å². The molecule has 1 aromatic rings. The van der Waals surface area contributed by atoms with Crippen molar-refractivity contribution in [2.45, 2.75) is 45.8 Å². The van der Waals surface area contributed by atoms with Crippen LogP contribution in [0.4, 0.5) is 5.13 Å². The Labute approximate surface area is 119 Å². The topological polar surface area (TPSA) is 48.4 Å². The van der Waals surface area contributed by atoms with Crippen molar-refractivity contribution in [3.8, 4) is 0 Å². The lowest BCUT2D eigenvalue weighted by atomic mass is 10.0. The molecule has 4 nitrogen and oxygen atoms in total. The fraction of sp³-hybridized carbons (Fsp3) is 0.786. The minimum absolute atomic E-state index is 0.236. The first-order chi connectivity index (χ1) is 9.06. The zero-order chi connectivity index (χ0) is 13.8. The minimum atomic E-state index is -0.236. The van der Waals surface area contributed by atoms with Crippen molar-refractivity contribution in [1.29, 1.82) is 0 Å². The number of aliphatic hydroxyl groups excluding tert-OH is 1. The number of hydrogen-bond acceptors (Lipinski definition) is 5. The van der Waals surface area contributed by atoms with Crippen LogP contribution in [0.1, 0.15) is 32.4 Å². The van der Waals surface area contributed by atoms with E-state index in [4.69, 9.17) is 0 Å². The van der Waals surface area contributed by atoms with E-state index in [-0.39, 0.29) is 6.10 Å². The predicted octanol–water partition coefficient (Wildman–Crippen LogP) is 2.03. The van der Waals surface area contributed by atoms with E-state index < -0.39 is 0 Å². The Morgan fingerprint density at radius 1 is 1.47 bits per heavy atom. The molecule has 0 radical (unpaired) electrons. The van der Waals surface area contributed by atoms with Crippen molar-refractivity contribution in [2.24, 2.45) is 5.92 Å². The molecular formula is C14H25N3OS. The lowest BCUT2D eigenvalue weighted by molar-refractivity contribution is 0.118. The molecule has 0 aromatic carbocycles. The third-order valence-corrected chi connectivity index (χ3v) is 4.78. The van der Waals surface area contributed by atoms with Gasteiger partial charge < -0.3 is 15.3 Å². The van der Waals surface area contributed by atoms with Gasteiger partial charge in [0.2, 0.25) is 0 Å². The standard InChI is InChI=1S/C14H25N3OS/c1-10(2)13(18)8-15-12-4-6-17(7-5-12)14-16-11(3)9-19-14/h9-10,12-13,15,18H,4-8H2,1-3H3. The van der Waals surface area contributed by atoms with Gasteiger partial charge in [0.25, 0.3) is 0 Å². The third kappa shape index (κ3) is 4.16. The summed E-state index contributed by atoms with van der Waals surface area (Å²) in [7, 11) is 0. The summed E-state index contributed by atoms with van der Waals surface area (Å²) in [6.45, 7) is 8.98. The number of anilines is 1.